The van der Waals surface area contributed by atoms with Crippen LogP contribution < -0.4 is 5.56 Å². The minimum absolute atomic E-state index is 0.167. The van der Waals surface area contributed by atoms with Crippen LogP contribution in [0.4, 0.5) is 0 Å². The zero-order chi connectivity index (χ0) is 14.2. The monoisotopic (exact) mass is 323 g/mol. The first-order chi connectivity index (χ1) is 8.91. The standard InChI is InChI=1S/C14H14BrNO3/c1-8(2)12(14(18)19)16-6-5-9-3-4-10(15)7-11(9)13(16)17/h3-8,12H,1-2H3,(H,18,19). The molecule has 0 radical (unpaired) electrons. The summed E-state index contributed by atoms with van der Waals surface area (Å²) < 4.78 is 2.09. The van der Waals surface area contributed by atoms with Gasteiger partial charge in [0.25, 0.3) is 5.56 Å². The van der Waals surface area contributed by atoms with E-state index in [0.29, 0.717) is 5.39 Å². The Balaban J connectivity index is 2.72. The number of aromatic nitrogens is 1. The number of rotatable bonds is 3. The van der Waals surface area contributed by atoms with E-state index in [1.54, 1.807) is 32.2 Å². The van der Waals surface area contributed by atoms with E-state index < -0.39 is 12.0 Å². The predicted molar refractivity (Wildman–Crippen MR) is 77.4 cm³/mol. The molecule has 0 aliphatic heterocycles. The van der Waals surface area contributed by atoms with Gasteiger partial charge in [0.15, 0.2) is 0 Å². The molecule has 19 heavy (non-hydrogen) atoms. The number of hydrogen-bond acceptors (Lipinski definition) is 2. The van der Waals surface area contributed by atoms with Crippen LogP contribution in [0.25, 0.3) is 10.8 Å². The van der Waals surface area contributed by atoms with Crippen LogP contribution in [0.5, 0.6) is 0 Å². The van der Waals surface area contributed by atoms with Gasteiger partial charge in [-0.15, -0.1) is 0 Å². The molecule has 1 aromatic carbocycles. The highest BCUT2D eigenvalue weighted by Gasteiger charge is 2.24. The van der Waals surface area contributed by atoms with Gasteiger partial charge in [0, 0.05) is 16.1 Å². The summed E-state index contributed by atoms with van der Waals surface area (Å²) >= 11 is 3.32. The van der Waals surface area contributed by atoms with E-state index in [1.807, 2.05) is 12.1 Å². The summed E-state index contributed by atoms with van der Waals surface area (Å²) in [6.45, 7) is 3.58. The van der Waals surface area contributed by atoms with Gasteiger partial charge in [-0.25, -0.2) is 4.79 Å². The lowest BCUT2D eigenvalue weighted by Gasteiger charge is -2.19. The van der Waals surface area contributed by atoms with E-state index in [4.69, 9.17) is 0 Å². The molecular formula is C14H14BrNO3. The number of carbonyl (C=O) groups is 1. The third-order valence-electron chi connectivity index (χ3n) is 3.08. The fraction of sp³-hybridized carbons (Fsp3) is 0.286. The number of carboxylic acid groups (broad SMARTS) is 1. The van der Waals surface area contributed by atoms with Crippen LogP contribution in [0.15, 0.2) is 39.7 Å². The van der Waals surface area contributed by atoms with Gasteiger partial charge >= 0.3 is 5.97 Å². The zero-order valence-electron chi connectivity index (χ0n) is 10.6. The summed E-state index contributed by atoms with van der Waals surface area (Å²) in [6.07, 6.45) is 1.55. The Hall–Kier alpha value is -1.62. The SMILES string of the molecule is CC(C)C(C(=O)O)n1ccc2ccc(Br)cc2c1=O. The van der Waals surface area contributed by atoms with E-state index in [-0.39, 0.29) is 11.5 Å². The summed E-state index contributed by atoms with van der Waals surface area (Å²) in [5.41, 5.74) is -0.278. The normalized spacial score (nSPS) is 12.8. The summed E-state index contributed by atoms with van der Waals surface area (Å²) in [4.78, 5) is 23.7. The van der Waals surface area contributed by atoms with Crippen molar-refractivity contribution in [3.63, 3.8) is 0 Å². The molecular weight excluding hydrogens is 310 g/mol. The van der Waals surface area contributed by atoms with Gasteiger partial charge in [-0.05, 0) is 29.5 Å². The van der Waals surface area contributed by atoms with Crippen molar-refractivity contribution in [1.82, 2.24) is 4.57 Å². The number of carboxylic acids is 1. The molecule has 1 atom stereocenters. The Morgan fingerprint density at radius 3 is 2.58 bits per heavy atom. The molecule has 4 nitrogen and oxygen atoms in total. The van der Waals surface area contributed by atoms with E-state index in [0.717, 1.165) is 9.86 Å². The fourth-order valence-electron chi connectivity index (χ4n) is 2.17. The molecule has 1 aromatic heterocycles. The van der Waals surface area contributed by atoms with Crippen LogP contribution >= 0.6 is 15.9 Å². The van der Waals surface area contributed by atoms with Crippen molar-refractivity contribution in [3.05, 3.63) is 45.3 Å². The molecule has 0 spiro atoms. The maximum Gasteiger partial charge on any atom is 0.327 e. The molecule has 0 fully saturated rings. The summed E-state index contributed by atoms with van der Waals surface area (Å²) in [5, 5.41) is 10.6. The first-order valence-electron chi connectivity index (χ1n) is 5.95. The molecule has 0 saturated carbocycles. The van der Waals surface area contributed by atoms with Crippen molar-refractivity contribution in [2.45, 2.75) is 19.9 Å². The first-order valence-corrected chi connectivity index (χ1v) is 6.74. The quantitative estimate of drug-likeness (QED) is 0.944. The van der Waals surface area contributed by atoms with E-state index in [9.17, 15) is 14.7 Å². The lowest BCUT2D eigenvalue weighted by atomic mass is 10.0. The molecule has 0 aliphatic rings. The fourth-order valence-corrected chi connectivity index (χ4v) is 2.53. The molecule has 1 heterocycles. The lowest BCUT2D eigenvalue weighted by molar-refractivity contribution is -0.142. The second-order valence-electron chi connectivity index (χ2n) is 4.79. The average Bonchev–Trinajstić information content (AvgIpc) is 2.32. The Kier molecular flexibility index (Phi) is 3.75. The van der Waals surface area contributed by atoms with Crippen molar-refractivity contribution >= 4 is 32.7 Å². The Bertz CT molecular complexity index is 691. The summed E-state index contributed by atoms with van der Waals surface area (Å²) in [5.74, 6) is -1.16. The topological polar surface area (TPSA) is 59.3 Å². The minimum atomic E-state index is -0.994. The van der Waals surface area contributed by atoms with Gasteiger partial charge in [0.1, 0.15) is 6.04 Å². The largest absolute Gasteiger partial charge is 0.480 e. The van der Waals surface area contributed by atoms with E-state index in [2.05, 4.69) is 15.9 Å². The molecule has 1 N–H and O–H groups in total. The van der Waals surface area contributed by atoms with Crippen LogP contribution in [0.1, 0.15) is 19.9 Å². The maximum atomic E-state index is 12.4. The number of fused-ring (bicyclic) bond motifs is 1. The van der Waals surface area contributed by atoms with Gasteiger partial charge in [0.2, 0.25) is 0 Å². The van der Waals surface area contributed by atoms with Gasteiger partial charge < -0.3 is 9.67 Å². The second-order valence-corrected chi connectivity index (χ2v) is 5.70. The highest BCUT2D eigenvalue weighted by atomic mass is 79.9. The molecule has 0 saturated heterocycles. The number of pyridine rings is 1. The van der Waals surface area contributed by atoms with Gasteiger partial charge in [-0.2, -0.15) is 0 Å². The highest BCUT2D eigenvalue weighted by Crippen LogP contribution is 2.20. The zero-order valence-corrected chi connectivity index (χ0v) is 12.2. The van der Waals surface area contributed by atoms with Crippen molar-refractivity contribution in [2.24, 2.45) is 5.92 Å². The van der Waals surface area contributed by atoms with Crippen LogP contribution in [0.2, 0.25) is 0 Å². The van der Waals surface area contributed by atoms with Crippen molar-refractivity contribution < 1.29 is 9.90 Å². The molecule has 1 unspecified atom stereocenters. The third-order valence-corrected chi connectivity index (χ3v) is 3.57. The van der Waals surface area contributed by atoms with Crippen molar-refractivity contribution in [3.8, 4) is 0 Å². The van der Waals surface area contributed by atoms with E-state index >= 15 is 0 Å². The minimum Gasteiger partial charge on any atom is -0.480 e. The van der Waals surface area contributed by atoms with Crippen LogP contribution in [0, 0.1) is 5.92 Å². The van der Waals surface area contributed by atoms with Crippen molar-refractivity contribution in [1.29, 1.82) is 0 Å². The number of aliphatic carboxylic acids is 1. The second kappa shape index (κ2) is 5.17. The summed E-state index contributed by atoms with van der Waals surface area (Å²) in [7, 11) is 0. The third kappa shape index (κ3) is 2.56. The molecule has 100 valence electrons. The molecule has 0 amide bonds. The Labute approximate surface area is 118 Å². The van der Waals surface area contributed by atoms with E-state index in [1.165, 1.54) is 4.57 Å². The van der Waals surface area contributed by atoms with Crippen LogP contribution in [-0.2, 0) is 4.79 Å². The lowest BCUT2D eigenvalue weighted by Crippen LogP contribution is -2.32. The van der Waals surface area contributed by atoms with Crippen LogP contribution in [0.3, 0.4) is 0 Å². The Morgan fingerprint density at radius 2 is 2.00 bits per heavy atom. The molecule has 0 aliphatic carbocycles. The molecule has 5 heteroatoms. The number of halogens is 1. The number of hydrogen-bond donors (Lipinski definition) is 1. The van der Waals surface area contributed by atoms with Gasteiger partial charge in [-0.3, -0.25) is 4.79 Å². The highest BCUT2D eigenvalue weighted by molar-refractivity contribution is 9.10. The number of nitrogens with zero attached hydrogens (tertiary/aromatic N) is 1. The average molecular weight is 324 g/mol. The van der Waals surface area contributed by atoms with Crippen LogP contribution in [-0.4, -0.2) is 15.6 Å². The van der Waals surface area contributed by atoms with Gasteiger partial charge in [-0.1, -0.05) is 35.8 Å². The van der Waals surface area contributed by atoms with Gasteiger partial charge in [0.05, 0.1) is 0 Å². The summed E-state index contributed by atoms with van der Waals surface area (Å²) in [6, 6.07) is 6.31. The molecule has 0 bridgehead atoms. The smallest absolute Gasteiger partial charge is 0.327 e. The molecule has 2 rings (SSSR count). The number of benzene rings is 1. The predicted octanol–water partition coefficient (Wildman–Crippen LogP) is 3.05. The maximum absolute atomic E-state index is 12.4. The van der Waals surface area contributed by atoms with Crippen molar-refractivity contribution in [2.75, 3.05) is 0 Å². The Morgan fingerprint density at radius 1 is 1.32 bits per heavy atom. The molecule has 2 aromatic rings. The first kappa shape index (κ1) is 13.8.